The van der Waals surface area contributed by atoms with E-state index in [9.17, 15) is 4.79 Å². The molecule has 0 amide bonds. The first-order valence-corrected chi connectivity index (χ1v) is 8.28. The van der Waals surface area contributed by atoms with E-state index in [4.69, 9.17) is 4.74 Å². The third-order valence-corrected chi connectivity index (χ3v) is 4.52. The summed E-state index contributed by atoms with van der Waals surface area (Å²) < 4.78 is 5.88. The minimum absolute atomic E-state index is 0.644. The standard InChI is InChI=1S/C19H24N2O2/c1-20-10-12-21(13-11-20)9-4-14-23-19-8-7-16-5-2-3-6-17(16)18(19)15-22/h2-3,5-8,15H,4,9-14H2,1H3. The van der Waals surface area contributed by atoms with Crippen LogP contribution in [0.3, 0.4) is 0 Å². The lowest BCUT2D eigenvalue weighted by Gasteiger charge is -2.32. The molecule has 23 heavy (non-hydrogen) atoms. The van der Waals surface area contributed by atoms with Crippen LogP contribution in [0.5, 0.6) is 5.75 Å². The molecule has 0 spiro atoms. The predicted octanol–water partition coefficient (Wildman–Crippen LogP) is 2.67. The molecule has 0 aromatic heterocycles. The Kier molecular flexibility index (Phi) is 5.26. The van der Waals surface area contributed by atoms with Crippen molar-refractivity contribution in [3.05, 3.63) is 42.0 Å². The van der Waals surface area contributed by atoms with Gasteiger partial charge in [0.05, 0.1) is 12.2 Å². The number of benzene rings is 2. The summed E-state index contributed by atoms with van der Waals surface area (Å²) in [4.78, 5) is 16.3. The van der Waals surface area contributed by atoms with Gasteiger partial charge in [-0.05, 0) is 30.3 Å². The van der Waals surface area contributed by atoms with Gasteiger partial charge in [-0.1, -0.05) is 30.3 Å². The zero-order valence-electron chi connectivity index (χ0n) is 13.7. The number of aldehydes is 1. The number of ether oxygens (including phenoxy) is 1. The van der Waals surface area contributed by atoms with Crippen molar-refractivity contribution in [1.29, 1.82) is 0 Å². The number of carbonyl (C=O) groups is 1. The van der Waals surface area contributed by atoms with E-state index in [1.807, 2.05) is 36.4 Å². The Balaban J connectivity index is 1.56. The summed E-state index contributed by atoms with van der Waals surface area (Å²) in [6.07, 6.45) is 1.88. The third-order valence-electron chi connectivity index (χ3n) is 4.52. The molecule has 1 aliphatic heterocycles. The summed E-state index contributed by atoms with van der Waals surface area (Å²) in [5, 5.41) is 2.03. The van der Waals surface area contributed by atoms with E-state index in [1.165, 1.54) is 0 Å². The second-order valence-corrected chi connectivity index (χ2v) is 6.16. The SMILES string of the molecule is CN1CCN(CCCOc2ccc3ccccc3c2C=O)CC1. The third kappa shape index (κ3) is 3.89. The van der Waals surface area contributed by atoms with Crippen molar-refractivity contribution in [2.45, 2.75) is 6.42 Å². The Hall–Kier alpha value is -1.91. The summed E-state index contributed by atoms with van der Waals surface area (Å²) in [7, 11) is 2.17. The van der Waals surface area contributed by atoms with Gasteiger partial charge >= 0.3 is 0 Å². The Morgan fingerprint density at radius 3 is 2.65 bits per heavy atom. The van der Waals surface area contributed by atoms with Crippen LogP contribution in [0.4, 0.5) is 0 Å². The number of carbonyl (C=O) groups excluding carboxylic acids is 1. The van der Waals surface area contributed by atoms with Crippen molar-refractivity contribution < 1.29 is 9.53 Å². The molecule has 2 aromatic carbocycles. The first-order chi connectivity index (χ1) is 11.3. The second-order valence-electron chi connectivity index (χ2n) is 6.16. The Morgan fingerprint density at radius 2 is 1.87 bits per heavy atom. The van der Waals surface area contributed by atoms with E-state index in [0.717, 1.165) is 56.2 Å². The first-order valence-electron chi connectivity index (χ1n) is 8.28. The lowest BCUT2D eigenvalue weighted by molar-refractivity contribution is 0.112. The van der Waals surface area contributed by atoms with Crippen molar-refractivity contribution in [2.24, 2.45) is 0 Å². The molecule has 4 heteroatoms. The molecule has 0 atom stereocenters. The molecule has 0 radical (unpaired) electrons. The van der Waals surface area contributed by atoms with Gasteiger partial charge in [-0.25, -0.2) is 0 Å². The molecule has 2 aromatic rings. The average molecular weight is 312 g/mol. The highest BCUT2D eigenvalue weighted by Crippen LogP contribution is 2.26. The highest BCUT2D eigenvalue weighted by atomic mass is 16.5. The van der Waals surface area contributed by atoms with Crippen molar-refractivity contribution in [3.63, 3.8) is 0 Å². The maximum Gasteiger partial charge on any atom is 0.154 e. The van der Waals surface area contributed by atoms with E-state index >= 15 is 0 Å². The van der Waals surface area contributed by atoms with E-state index in [0.29, 0.717) is 17.9 Å². The minimum atomic E-state index is 0.644. The molecule has 0 saturated carbocycles. The zero-order valence-corrected chi connectivity index (χ0v) is 13.7. The zero-order chi connectivity index (χ0) is 16.1. The number of rotatable bonds is 6. The van der Waals surface area contributed by atoms with E-state index in [-0.39, 0.29) is 0 Å². The monoisotopic (exact) mass is 312 g/mol. The minimum Gasteiger partial charge on any atom is -0.493 e. The summed E-state index contributed by atoms with van der Waals surface area (Å²) in [5.74, 6) is 0.692. The Morgan fingerprint density at radius 1 is 1.09 bits per heavy atom. The molecule has 3 rings (SSSR count). The second kappa shape index (κ2) is 7.57. The average Bonchev–Trinajstić information content (AvgIpc) is 2.59. The fraction of sp³-hybridized carbons (Fsp3) is 0.421. The lowest BCUT2D eigenvalue weighted by atomic mass is 10.0. The maximum absolute atomic E-state index is 11.5. The number of likely N-dealkylation sites (N-methyl/N-ethyl adjacent to an activating group) is 1. The number of hydrogen-bond donors (Lipinski definition) is 0. The summed E-state index contributed by atoms with van der Waals surface area (Å²) in [6, 6.07) is 11.8. The fourth-order valence-corrected chi connectivity index (χ4v) is 3.06. The number of piperazine rings is 1. The van der Waals surface area contributed by atoms with Crippen LogP contribution in [0.15, 0.2) is 36.4 Å². The van der Waals surface area contributed by atoms with Crippen LogP contribution in [0.1, 0.15) is 16.8 Å². The normalized spacial score (nSPS) is 16.6. The van der Waals surface area contributed by atoms with Gasteiger partial charge in [-0.3, -0.25) is 4.79 Å². The highest BCUT2D eigenvalue weighted by molar-refractivity contribution is 6.00. The molecule has 0 bridgehead atoms. The molecule has 0 aliphatic carbocycles. The quantitative estimate of drug-likeness (QED) is 0.606. The first kappa shape index (κ1) is 16.0. The number of hydrogen-bond acceptors (Lipinski definition) is 4. The molecule has 1 saturated heterocycles. The molecule has 4 nitrogen and oxygen atoms in total. The van der Waals surface area contributed by atoms with Crippen LogP contribution >= 0.6 is 0 Å². The number of fused-ring (bicyclic) bond motifs is 1. The van der Waals surface area contributed by atoms with Crippen molar-refractivity contribution in [1.82, 2.24) is 9.80 Å². The van der Waals surface area contributed by atoms with Gasteiger partial charge in [0.15, 0.2) is 6.29 Å². The van der Waals surface area contributed by atoms with Gasteiger partial charge in [-0.15, -0.1) is 0 Å². The number of nitrogens with zero attached hydrogens (tertiary/aromatic N) is 2. The molecule has 1 heterocycles. The summed E-state index contributed by atoms with van der Waals surface area (Å²) in [6.45, 7) is 6.24. The van der Waals surface area contributed by atoms with Crippen LogP contribution in [0, 0.1) is 0 Å². The van der Waals surface area contributed by atoms with Crippen LogP contribution in [0.25, 0.3) is 10.8 Å². The van der Waals surface area contributed by atoms with Gasteiger partial charge < -0.3 is 14.5 Å². The van der Waals surface area contributed by atoms with Crippen LogP contribution in [0.2, 0.25) is 0 Å². The highest BCUT2D eigenvalue weighted by Gasteiger charge is 2.13. The van der Waals surface area contributed by atoms with Gasteiger partial charge in [0.1, 0.15) is 5.75 Å². The van der Waals surface area contributed by atoms with Gasteiger partial charge in [0, 0.05) is 32.7 Å². The lowest BCUT2D eigenvalue weighted by Crippen LogP contribution is -2.44. The molecule has 0 N–H and O–H groups in total. The van der Waals surface area contributed by atoms with Crippen molar-refractivity contribution in [2.75, 3.05) is 46.4 Å². The molecule has 1 fully saturated rings. The van der Waals surface area contributed by atoms with E-state index in [2.05, 4.69) is 16.8 Å². The van der Waals surface area contributed by atoms with Crippen molar-refractivity contribution in [3.8, 4) is 5.75 Å². The summed E-state index contributed by atoms with van der Waals surface area (Å²) in [5.41, 5.74) is 0.655. The van der Waals surface area contributed by atoms with Gasteiger partial charge in [-0.2, -0.15) is 0 Å². The van der Waals surface area contributed by atoms with E-state index < -0.39 is 0 Å². The van der Waals surface area contributed by atoms with Crippen LogP contribution in [-0.4, -0.2) is 62.5 Å². The Labute approximate surface area is 137 Å². The smallest absolute Gasteiger partial charge is 0.154 e. The topological polar surface area (TPSA) is 32.8 Å². The largest absolute Gasteiger partial charge is 0.493 e. The fourth-order valence-electron chi connectivity index (χ4n) is 3.06. The molecule has 122 valence electrons. The Bertz CT molecular complexity index is 663. The molecule has 1 aliphatic rings. The van der Waals surface area contributed by atoms with Gasteiger partial charge in [0.2, 0.25) is 0 Å². The van der Waals surface area contributed by atoms with Gasteiger partial charge in [0.25, 0.3) is 0 Å². The maximum atomic E-state index is 11.5. The summed E-state index contributed by atoms with van der Waals surface area (Å²) >= 11 is 0. The molecular formula is C19H24N2O2. The predicted molar refractivity (Wildman–Crippen MR) is 93.4 cm³/mol. The van der Waals surface area contributed by atoms with Crippen molar-refractivity contribution >= 4 is 17.1 Å². The van der Waals surface area contributed by atoms with Crippen LogP contribution in [-0.2, 0) is 0 Å². The molecule has 0 unspecified atom stereocenters. The van der Waals surface area contributed by atoms with Crippen LogP contribution < -0.4 is 4.74 Å². The molecular weight excluding hydrogens is 288 g/mol. The van der Waals surface area contributed by atoms with E-state index in [1.54, 1.807) is 0 Å².